The number of rotatable bonds is 6. The van der Waals surface area contributed by atoms with Gasteiger partial charge in [-0.3, -0.25) is 0 Å². The molecule has 0 amide bonds. The van der Waals surface area contributed by atoms with Crippen LogP contribution in [0.3, 0.4) is 0 Å². The van der Waals surface area contributed by atoms with Gasteiger partial charge < -0.3 is 9.80 Å². The van der Waals surface area contributed by atoms with Crippen LogP contribution in [0, 0.1) is 0 Å². The molecule has 0 saturated heterocycles. The Morgan fingerprint density at radius 3 is 0.922 bits per heavy atom. The number of fused-ring (bicyclic) bond motifs is 13. The maximum absolute atomic E-state index is 2.45. The van der Waals surface area contributed by atoms with Gasteiger partial charge in [0, 0.05) is 33.5 Å². The summed E-state index contributed by atoms with van der Waals surface area (Å²) < 4.78 is 0. The number of para-hydroxylation sites is 2. The first-order valence-corrected chi connectivity index (χ1v) is 22.1. The molecule has 0 heterocycles. The molecule has 0 atom stereocenters. The van der Waals surface area contributed by atoms with Crippen molar-refractivity contribution in [1.82, 2.24) is 0 Å². The van der Waals surface area contributed by atoms with Gasteiger partial charge in [0.15, 0.2) is 0 Å². The second kappa shape index (κ2) is 14.6. The molecule has 13 rings (SSSR count). The van der Waals surface area contributed by atoms with E-state index in [1.165, 1.54) is 86.2 Å². The Labute approximate surface area is 371 Å². The van der Waals surface area contributed by atoms with Crippen LogP contribution >= 0.6 is 0 Å². The minimum Gasteiger partial charge on any atom is -0.310 e. The van der Waals surface area contributed by atoms with Crippen LogP contribution in [0.2, 0.25) is 0 Å². The van der Waals surface area contributed by atoms with E-state index in [2.05, 4.69) is 252 Å². The van der Waals surface area contributed by atoms with Crippen LogP contribution in [0.5, 0.6) is 0 Å². The fourth-order valence-corrected chi connectivity index (χ4v) is 10.4. The average molecular weight is 813 g/mol. The van der Waals surface area contributed by atoms with Gasteiger partial charge in [0.2, 0.25) is 0 Å². The molecule has 0 saturated carbocycles. The van der Waals surface area contributed by atoms with Crippen LogP contribution < -0.4 is 9.80 Å². The van der Waals surface area contributed by atoms with Gasteiger partial charge in [-0.25, -0.2) is 0 Å². The molecule has 0 radical (unpaired) electrons. The highest BCUT2D eigenvalue weighted by Gasteiger charge is 2.21. The van der Waals surface area contributed by atoms with E-state index in [9.17, 15) is 0 Å². The third kappa shape index (κ3) is 5.73. The van der Waals surface area contributed by atoms with E-state index in [0.717, 1.165) is 34.1 Å². The maximum atomic E-state index is 2.45. The molecule has 13 aromatic rings. The lowest BCUT2D eigenvalue weighted by atomic mass is 9.94. The molecule has 0 aliphatic rings. The summed E-state index contributed by atoms with van der Waals surface area (Å²) in [6.07, 6.45) is 0. The quantitative estimate of drug-likeness (QED) is 0.154. The minimum absolute atomic E-state index is 1.11. The molecule has 0 aliphatic heterocycles. The third-order valence-corrected chi connectivity index (χ3v) is 13.3. The smallest absolute Gasteiger partial charge is 0.0546 e. The Hall–Kier alpha value is -8.46. The van der Waals surface area contributed by atoms with Crippen molar-refractivity contribution in [3.8, 4) is 0 Å². The Morgan fingerprint density at radius 1 is 0.172 bits per heavy atom. The van der Waals surface area contributed by atoms with E-state index < -0.39 is 0 Å². The molecule has 64 heavy (non-hydrogen) atoms. The van der Waals surface area contributed by atoms with E-state index in [-0.39, 0.29) is 0 Å². The standard InChI is InChI=1S/C62H40N2/c1-3-17-45(18-4-1)63(61-39-59-49-21-9-7-15-41(49)31-35-53(59)51-23-11-13-25-55(51)61)47-33-29-43-27-28-44-30-34-48(38-58(44)57(43)37-47)64(46-19-5-2-6-20-46)62-40-60-50-22-10-8-16-42(50)32-36-54(60)52-24-12-14-26-56(52)62/h1-40H. The Bertz CT molecular complexity index is 3710. The van der Waals surface area contributed by atoms with Gasteiger partial charge in [-0.1, -0.05) is 182 Å². The van der Waals surface area contributed by atoms with Gasteiger partial charge in [-0.05, 0) is 136 Å². The molecule has 2 heteroatoms. The van der Waals surface area contributed by atoms with Crippen LogP contribution in [-0.2, 0) is 0 Å². The van der Waals surface area contributed by atoms with E-state index in [0.29, 0.717) is 0 Å². The molecule has 0 spiro atoms. The molecule has 2 nitrogen and oxygen atoms in total. The van der Waals surface area contributed by atoms with Gasteiger partial charge in [0.25, 0.3) is 0 Å². The first-order chi connectivity index (χ1) is 31.7. The number of hydrogen-bond acceptors (Lipinski definition) is 2. The van der Waals surface area contributed by atoms with Gasteiger partial charge in [-0.15, -0.1) is 0 Å². The summed E-state index contributed by atoms with van der Waals surface area (Å²) >= 11 is 0. The number of benzene rings is 13. The first kappa shape index (κ1) is 36.2. The summed E-state index contributed by atoms with van der Waals surface area (Å²) in [6.45, 7) is 0. The molecule has 13 aromatic carbocycles. The zero-order valence-corrected chi connectivity index (χ0v) is 35.0. The minimum atomic E-state index is 1.11. The molecule has 0 unspecified atom stereocenters. The van der Waals surface area contributed by atoms with Crippen LogP contribution in [-0.4, -0.2) is 0 Å². The maximum Gasteiger partial charge on any atom is 0.0546 e. The van der Waals surface area contributed by atoms with Crippen LogP contribution in [0.4, 0.5) is 34.1 Å². The van der Waals surface area contributed by atoms with Crippen LogP contribution in [0.15, 0.2) is 243 Å². The van der Waals surface area contributed by atoms with E-state index >= 15 is 0 Å². The van der Waals surface area contributed by atoms with Gasteiger partial charge in [-0.2, -0.15) is 0 Å². The van der Waals surface area contributed by atoms with Gasteiger partial charge >= 0.3 is 0 Å². The SMILES string of the molecule is c1ccc(N(c2ccc3ccc4ccc(N(c5ccccc5)c5cc6c7ccccc7ccc6c6ccccc56)cc4c3c2)c2cc3c4ccccc4ccc3c3ccccc23)cc1. The van der Waals surface area contributed by atoms with Crippen molar-refractivity contribution in [2.45, 2.75) is 0 Å². The van der Waals surface area contributed by atoms with Crippen molar-refractivity contribution in [2.75, 3.05) is 9.80 Å². The highest BCUT2D eigenvalue weighted by molar-refractivity contribution is 6.23. The molecule has 0 fully saturated rings. The third-order valence-electron chi connectivity index (χ3n) is 13.3. The second-order valence-corrected chi connectivity index (χ2v) is 16.9. The summed E-state index contributed by atoms with van der Waals surface area (Å²) in [6, 6.07) is 89.3. The van der Waals surface area contributed by atoms with Crippen LogP contribution in [0.25, 0.3) is 86.2 Å². The zero-order chi connectivity index (χ0) is 42.1. The second-order valence-electron chi connectivity index (χ2n) is 16.9. The lowest BCUT2D eigenvalue weighted by Crippen LogP contribution is -2.11. The zero-order valence-electron chi connectivity index (χ0n) is 35.0. The fraction of sp³-hybridized carbons (Fsp3) is 0. The van der Waals surface area contributed by atoms with Crippen molar-refractivity contribution >= 4 is 120 Å². The molecule has 298 valence electrons. The molecular weight excluding hydrogens is 773 g/mol. The first-order valence-electron chi connectivity index (χ1n) is 22.1. The highest BCUT2D eigenvalue weighted by Crippen LogP contribution is 2.47. The molecule has 0 N–H and O–H groups in total. The molecule has 0 aromatic heterocycles. The number of nitrogens with zero attached hydrogens (tertiary/aromatic N) is 2. The average Bonchev–Trinajstić information content (AvgIpc) is 3.37. The monoisotopic (exact) mass is 812 g/mol. The topological polar surface area (TPSA) is 6.48 Å². The Balaban J connectivity index is 1.06. The number of anilines is 6. The van der Waals surface area contributed by atoms with Crippen molar-refractivity contribution in [3.05, 3.63) is 243 Å². The van der Waals surface area contributed by atoms with E-state index in [4.69, 9.17) is 0 Å². The van der Waals surface area contributed by atoms with Crippen LogP contribution in [0.1, 0.15) is 0 Å². The van der Waals surface area contributed by atoms with E-state index in [1.807, 2.05) is 0 Å². The summed E-state index contributed by atoms with van der Waals surface area (Å²) in [5.41, 5.74) is 6.73. The van der Waals surface area contributed by atoms with Crippen molar-refractivity contribution in [1.29, 1.82) is 0 Å². The molecular formula is C62H40N2. The predicted octanol–water partition coefficient (Wildman–Crippen LogP) is 17.9. The fourth-order valence-electron chi connectivity index (χ4n) is 10.4. The largest absolute Gasteiger partial charge is 0.310 e. The summed E-state index contributed by atoms with van der Waals surface area (Å²) in [5.74, 6) is 0. The number of hydrogen-bond donors (Lipinski definition) is 0. The predicted molar refractivity (Wildman–Crippen MR) is 276 cm³/mol. The molecule has 0 aliphatic carbocycles. The summed E-state index contributed by atoms with van der Waals surface area (Å²) in [7, 11) is 0. The Morgan fingerprint density at radius 2 is 0.484 bits per heavy atom. The summed E-state index contributed by atoms with van der Waals surface area (Å²) in [5, 5.41) is 19.7. The van der Waals surface area contributed by atoms with Gasteiger partial charge in [0.1, 0.15) is 0 Å². The van der Waals surface area contributed by atoms with Gasteiger partial charge in [0.05, 0.1) is 11.4 Å². The van der Waals surface area contributed by atoms with Crippen molar-refractivity contribution in [3.63, 3.8) is 0 Å². The molecule has 0 bridgehead atoms. The summed E-state index contributed by atoms with van der Waals surface area (Å²) in [4.78, 5) is 4.90. The Kier molecular flexibility index (Phi) is 8.25. The van der Waals surface area contributed by atoms with Crippen molar-refractivity contribution in [2.24, 2.45) is 0 Å². The normalized spacial score (nSPS) is 11.8. The lowest BCUT2D eigenvalue weighted by molar-refractivity contribution is 1.31. The van der Waals surface area contributed by atoms with E-state index in [1.54, 1.807) is 0 Å². The van der Waals surface area contributed by atoms with Crippen molar-refractivity contribution < 1.29 is 0 Å². The highest BCUT2D eigenvalue weighted by atomic mass is 15.1. The lowest BCUT2D eigenvalue weighted by Gasteiger charge is -2.29.